The Balaban J connectivity index is 1.32. The Hall–Kier alpha value is -3.93. The van der Waals surface area contributed by atoms with Crippen LogP contribution in [-0.2, 0) is 48.1 Å². The number of aliphatic carboxylic acids is 1. The second kappa shape index (κ2) is 14.5. The smallest absolute Gasteiger partial charge is 0.333 e. The standard InChI is InChI=1S/C38H43NO4/c1-4-27-15-21-34-32(24-27)18-17-31-16-12-29(11-10-28-8-6-5-7-9-28)25-35(31)37(34)39(2)22-23-43-33-19-13-30(14-20-33)26-36(42-3)38(40)41/h5-9,12-16,19-21,24-25,36-37H,4,10-11,17-18,22-23,26H2,1-3H3,(H,40,41). The van der Waals surface area contributed by atoms with E-state index < -0.39 is 12.1 Å². The maximum Gasteiger partial charge on any atom is 0.333 e. The van der Waals surface area contributed by atoms with Gasteiger partial charge in [-0.2, -0.15) is 0 Å². The average molecular weight is 578 g/mol. The summed E-state index contributed by atoms with van der Waals surface area (Å²) >= 11 is 0. The van der Waals surface area contributed by atoms with Crippen LogP contribution in [0, 0.1) is 0 Å². The number of carboxylic acids is 1. The highest BCUT2D eigenvalue weighted by Gasteiger charge is 2.27. The van der Waals surface area contributed by atoms with E-state index in [0.29, 0.717) is 13.0 Å². The van der Waals surface area contributed by atoms with Crippen molar-refractivity contribution in [2.75, 3.05) is 27.3 Å². The zero-order chi connectivity index (χ0) is 30.2. The summed E-state index contributed by atoms with van der Waals surface area (Å²) in [4.78, 5) is 13.7. The first kappa shape index (κ1) is 30.5. The number of rotatable bonds is 13. The minimum atomic E-state index is -0.957. The van der Waals surface area contributed by atoms with E-state index in [4.69, 9.17) is 9.47 Å². The number of methoxy groups -OCH3 is 1. The van der Waals surface area contributed by atoms with Crippen molar-refractivity contribution in [1.29, 1.82) is 0 Å². The summed E-state index contributed by atoms with van der Waals surface area (Å²) in [6.45, 7) is 3.54. The van der Waals surface area contributed by atoms with E-state index in [1.165, 1.54) is 46.1 Å². The average Bonchev–Trinajstić information content (AvgIpc) is 3.19. The third kappa shape index (κ3) is 7.73. The first-order valence-corrected chi connectivity index (χ1v) is 15.4. The van der Waals surface area contributed by atoms with Gasteiger partial charge in [0.1, 0.15) is 12.4 Å². The molecule has 0 bridgehead atoms. The van der Waals surface area contributed by atoms with Gasteiger partial charge in [0.25, 0.3) is 0 Å². The first-order valence-electron chi connectivity index (χ1n) is 15.4. The second-order valence-electron chi connectivity index (χ2n) is 11.5. The SMILES string of the molecule is CCc1ccc2c(c1)CCc1ccc(CCc3ccccc3)cc1C2N(C)CCOc1ccc(CC(OC)C(=O)O)cc1. The van der Waals surface area contributed by atoms with Crippen LogP contribution in [-0.4, -0.2) is 49.4 Å². The van der Waals surface area contributed by atoms with E-state index >= 15 is 0 Å². The summed E-state index contributed by atoms with van der Waals surface area (Å²) < 4.78 is 11.2. The van der Waals surface area contributed by atoms with Gasteiger partial charge in [-0.15, -0.1) is 0 Å². The maximum absolute atomic E-state index is 11.3. The molecule has 0 amide bonds. The fraction of sp³-hybridized carbons (Fsp3) is 0.342. The fourth-order valence-electron chi connectivity index (χ4n) is 6.13. The van der Waals surface area contributed by atoms with E-state index in [2.05, 4.69) is 85.6 Å². The van der Waals surface area contributed by atoms with E-state index in [1.807, 2.05) is 24.3 Å². The number of benzene rings is 4. The highest BCUT2D eigenvalue weighted by molar-refractivity contribution is 5.72. The fourth-order valence-corrected chi connectivity index (χ4v) is 6.13. The van der Waals surface area contributed by atoms with Crippen molar-refractivity contribution in [1.82, 2.24) is 4.90 Å². The third-order valence-corrected chi connectivity index (χ3v) is 8.68. The molecule has 0 heterocycles. The lowest BCUT2D eigenvalue weighted by atomic mass is 9.90. The third-order valence-electron chi connectivity index (χ3n) is 8.68. The highest BCUT2D eigenvalue weighted by atomic mass is 16.5. The summed E-state index contributed by atoms with van der Waals surface area (Å²) in [5.74, 6) is -0.180. The van der Waals surface area contributed by atoms with Gasteiger partial charge in [-0.25, -0.2) is 4.79 Å². The largest absolute Gasteiger partial charge is 0.492 e. The van der Waals surface area contributed by atoms with Crippen molar-refractivity contribution in [3.8, 4) is 5.75 Å². The van der Waals surface area contributed by atoms with Gasteiger partial charge in [0.2, 0.25) is 0 Å². The van der Waals surface area contributed by atoms with Crippen LogP contribution in [0.4, 0.5) is 0 Å². The lowest BCUT2D eigenvalue weighted by Gasteiger charge is -2.31. The Labute approximate surface area is 256 Å². The lowest BCUT2D eigenvalue weighted by molar-refractivity contribution is -0.148. The molecular weight excluding hydrogens is 534 g/mol. The Morgan fingerprint density at radius 1 is 0.837 bits per heavy atom. The zero-order valence-electron chi connectivity index (χ0n) is 25.6. The molecule has 1 aliphatic rings. The van der Waals surface area contributed by atoms with Crippen molar-refractivity contribution in [3.63, 3.8) is 0 Å². The minimum absolute atomic E-state index is 0.156. The molecule has 224 valence electrons. The molecule has 0 aromatic heterocycles. The van der Waals surface area contributed by atoms with Crippen LogP contribution in [0.15, 0.2) is 91.0 Å². The molecule has 1 aliphatic carbocycles. The van der Waals surface area contributed by atoms with Crippen molar-refractivity contribution in [2.24, 2.45) is 0 Å². The van der Waals surface area contributed by atoms with Crippen molar-refractivity contribution < 1.29 is 19.4 Å². The monoisotopic (exact) mass is 577 g/mol. The van der Waals surface area contributed by atoms with Gasteiger partial charge in [-0.3, -0.25) is 4.90 Å². The van der Waals surface area contributed by atoms with E-state index in [9.17, 15) is 9.90 Å². The molecule has 0 spiro atoms. The van der Waals surface area contributed by atoms with Crippen LogP contribution in [0.1, 0.15) is 57.5 Å². The van der Waals surface area contributed by atoms with Crippen molar-refractivity contribution in [2.45, 2.75) is 57.6 Å². The molecule has 1 N–H and O–H groups in total. The van der Waals surface area contributed by atoms with Crippen LogP contribution in [0.25, 0.3) is 0 Å². The van der Waals surface area contributed by atoms with Crippen molar-refractivity contribution >= 4 is 5.97 Å². The highest BCUT2D eigenvalue weighted by Crippen LogP contribution is 2.37. The molecular formula is C38H43NO4. The number of carbonyl (C=O) groups is 1. The number of fused-ring (bicyclic) bond motifs is 2. The zero-order valence-corrected chi connectivity index (χ0v) is 25.6. The Bertz CT molecular complexity index is 1500. The molecule has 5 rings (SSSR count). The van der Waals surface area contributed by atoms with Gasteiger partial charge in [-0.05, 0) is 95.8 Å². The van der Waals surface area contributed by atoms with Crippen LogP contribution in [0.5, 0.6) is 5.75 Å². The van der Waals surface area contributed by atoms with Crippen LogP contribution in [0.3, 0.4) is 0 Å². The Morgan fingerprint density at radius 2 is 1.53 bits per heavy atom. The van der Waals surface area contributed by atoms with Crippen LogP contribution in [0.2, 0.25) is 0 Å². The molecule has 0 saturated heterocycles. The normalized spacial score (nSPS) is 14.9. The topological polar surface area (TPSA) is 59.0 Å². The number of ether oxygens (including phenoxy) is 2. The van der Waals surface area contributed by atoms with E-state index in [0.717, 1.165) is 50.0 Å². The second-order valence-corrected chi connectivity index (χ2v) is 11.5. The van der Waals surface area contributed by atoms with Gasteiger partial charge in [0.05, 0.1) is 6.04 Å². The Kier molecular flexibility index (Phi) is 10.3. The van der Waals surface area contributed by atoms with E-state index in [-0.39, 0.29) is 6.04 Å². The number of hydrogen-bond acceptors (Lipinski definition) is 4. The molecule has 2 unspecified atom stereocenters. The van der Waals surface area contributed by atoms with Gasteiger partial charge in [-0.1, -0.05) is 85.8 Å². The van der Waals surface area contributed by atoms with Crippen LogP contribution < -0.4 is 4.74 Å². The summed E-state index contributed by atoms with van der Waals surface area (Å²) in [5, 5.41) is 9.27. The summed E-state index contributed by atoms with van der Waals surface area (Å²) in [6, 6.07) is 32.7. The molecule has 4 aromatic rings. The molecule has 4 aromatic carbocycles. The van der Waals surface area contributed by atoms with Gasteiger partial charge < -0.3 is 14.6 Å². The minimum Gasteiger partial charge on any atom is -0.492 e. The summed E-state index contributed by atoms with van der Waals surface area (Å²) in [5.41, 5.74) is 10.7. The predicted octanol–water partition coefficient (Wildman–Crippen LogP) is 6.88. The number of carboxylic acid groups (broad SMARTS) is 1. The number of aryl methyl sites for hydroxylation is 5. The van der Waals surface area contributed by atoms with Crippen LogP contribution >= 0.6 is 0 Å². The summed E-state index contributed by atoms with van der Waals surface area (Å²) in [6.07, 6.45) is 4.67. The lowest BCUT2D eigenvalue weighted by Crippen LogP contribution is -2.30. The molecule has 0 fully saturated rings. The number of likely N-dealkylation sites (N-methyl/N-ethyl adjacent to an activating group) is 1. The molecule has 2 atom stereocenters. The van der Waals surface area contributed by atoms with E-state index in [1.54, 1.807) is 0 Å². The first-order chi connectivity index (χ1) is 20.9. The Morgan fingerprint density at radius 3 is 2.26 bits per heavy atom. The predicted molar refractivity (Wildman–Crippen MR) is 172 cm³/mol. The quantitative estimate of drug-likeness (QED) is 0.188. The molecule has 5 nitrogen and oxygen atoms in total. The maximum atomic E-state index is 11.3. The molecule has 5 heteroatoms. The van der Waals surface area contributed by atoms with Gasteiger partial charge in [0, 0.05) is 20.1 Å². The molecule has 43 heavy (non-hydrogen) atoms. The molecule has 0 aliphatic heterocycles. The summed E-state index contributed by atoms with van der Waals surface area (Å²) in [7, 11) is 3.63. The number of hydrogen-bond donors (Lipinski definition) is 1. The molecule has 0 saturated carbocycles. The van der Waals surface area contributed by atoms with Crippen molar-refractivity contribution in [3.05, 3.63) is 136 Å². The van der Waals surface area contributed by atoms with Gasteiger partial charge >= 0.3 is 5.97 Å². The number of nitrogens with zero attached hydrogens (tertiary/aromatic N) is 1. The van der Waals surface area contributed by atoms with Gasteiger partial charge in [0.15, 0.2) is 6.10 Å². The molecule has 0 radical (unpaired) electrons.